The lowest BCUT2D eigenvalue weighted by Gasteiger charge is -2.32. The number of nitro groups is 1. The molecule has 0 spiro atoms. The lowest BCUT2D eigenvalue weighted by molar-refractivity contribution is -0.385. The molecule has 0 saturated carbocycles. The van der Waals surface area contributed by atoms with E-state index in [0.717, 1.165) is 0 Å². The van der Waals surface area contributed by atoms with Crippen LogP contribution in [-0.4, -0.2) is 37.5 Å². The summed E-state index contributed by atoms with van der Waals surface area (Å²) in [6.07, 6.45) is 2.52. The molecule has 2 aromatic rings. The van der Waals surface area contributed by atoms with Gasteiger partial charge in [-0.05, 0) is 31.0 Å². The highest BCUT2D eigenvalue weighted by atomic mass is 32.2. The normalized spacial score (nSPS) is 15.9. The molecule has 9 heteroatoms. The Balaban J connectivity index is 1.59. The fourth-order valence-electron chi connectivity index (χ4n) is 2.79. The first kappa shape index (κ1) is 17.3. The maximum Gasteiger partial charge on any atom is 0.287 e. The first-order chi connectivity index (χ1) is 12.0. The highest BCUT2D eigenvalue weighted by Gasteiger charge is 2.25. The second-order valence-corrected chi connectivity index (χ2v) is 7.54. The van der Waals surface area contributed by atoms with E-state index < -0.39 is 14.9 Å². The topological polar surface area (TPSA) is 105 Å². The molecule has 1 aromatic carbocycles. The lowest BCUT2D eigenvalue weighted by atomic mass is 10.1. The minimum absolute atomic E-state index is 0.0470. The van der Waals surface area contributed by atoms with Gasteiger partial charge in [0.1, 0.15) is 12.0 Å². The number of hydrogen-bond acceptors (Lipinski definition) is 6. The molecule has 0 radical (unpaired) electrons. The van der Waals surface area contributed by atoms with Crippen LogP contribution in [-0.2, 0) is 10.0 Å². The summed E-state index contributed by atoms with van der Waals surface area (Å²) in [5.41, 5.74) is -0.0470. The van der Waals surface area contributed by atoms with Gasteiger partial charge >= 0.3 is 0 Å². The average molecular weight is 362 g/mol. The van der Waals surface area contributed by atoms with Gasteiger partial charge in [-0.25, -0.2) is 18.1 Å². The van der Waals surface area contributed by atoms with Crippen LogP contribution in [0.25, 0.3) is 0 Å². The summed E-state index contributed by atoms with van der Waals surface area (Å²) in [4.78, 5) is 16.6. The molecule has 1 aliphatic heterocycles. The third-order valence-electron chi connectivity index (χ3n) is 4.14. The second-order valence-electron chi connectivity index (χ2n) is 5.83. The number of nitrogens with zero attached hydrogens (tertiary/aromatic N) is 3. The lowest BCUT2D eigenvalue weighted by Crippen LogP contribution is -2.44. The highest BCUT2D eigenvalue weighted by Crippen LogP contribution is 2.21. The van der Waals surface area contributed by atoms with Gasteiger partial charge in [0.2, 0.25) is 10.0 Å². The quantitative estimate of drug-likeness (QED) is 0.644. The Bertz CT molecular complexity index is 832. The van der Waals surface area contributed by atoms with Crippen LogP contribution in [0.15, 0.2) is 53.6 Å². The van der Waals surface area contributed by atoms with Crippen LogP contribution >= 0.6 is 0 Å². The molecule has 0 bridgehead atoms. The van der Waals surface area contributed by atoms with Gasteiger partial charge in [0.15, 0.2) is 0 Å². The van der Waals surface area contributed by atoms with Crippen molar-refractivity contribution in [1.82, 2.24) is 9.71 Å². The summed E-state index contributed by atoms with van der Waals surface area (Å²) in [6.45, 7) is 1.26. The molecule has 1 fully saturated rings. The van der Waals surface area contributed by atoms with Crippen LogP contribution in [0.1, 0.15) is 12.8 Å². The third-order valence-corrected chi connectivity index (χ3v) is 5.67. The van der Waals surface area contributed by atoms with E-state index in [0.29, 0.717) is 31.7 Å². The van der Waals surface area contributed by atoms with Gasteiger partial charge in [-0.2, -0.15) is 0 Å². The summed E-state index contributed by atoms with van der Waals surface area (Å²) in [5, 5.41) is 10.7. The van der Waals surface area contributed by atoms with Gasteiger partial charge in [0.25, 0.3) is 5.69 Å². The van der Waals surface area contributed by atoms with Crippen molar-refractivity contribution < 1.29 is 13.3 Å². The van der Waals surface area contributed by atoms with E-state index in [-0.39, 0.29) is 16.6 Å². The fourth-order valence-corrected chi connectivity index (χ4v) is 4.11. The molecule has 1 aliphatic rings. The predicted octanol–water partition coefficient (Wildman–Crippen LogP) is 1.94. The molecular weight excluding hydrogens is 344 g/mol. The summed E-state index contributed by atoms with van der Waals surface area (Å²) in [5.74, 6) is 0.662. The molecule has 0 amide bonds. The van der Waals surface area contributed by atoms with Crippen LogP contribution in [0.4, 0.5) is 11.5 Å². The summed E-state index contributed by atoms with van der Waals surface area (Å²) < 4.78 is 27.4. The molecule has 3 rings (SSSR count). The van der Waals surface area contributed by atoms with E-state index in [9.17, 15) is 18.5 Å². The molecule has 1 N–H and O–H groups in total. The minimum Gasteiger partial charge on any atom is -0.356 e. The van der Waals surface area contributed by atoms with Crippen molar-refractivity contribution in [3.8, 4) is 0 Å². The zero-order valence-corrected chi connectivity index (χ0v) is 14.2. The zero-order chi connectivity index (χ0) is 17.9. The van der Waals surface area contributed by atoms with Crippen LogP contribution in [0, 0.1) is 10.1 Å². The Labute approximate surface area is 145 Å². The molecule has 25 heavy (non-hydrogen) atoms. The summed E-state index contributed by atoms with van der Waals surface area (Å²) >= 11 is 0. The van der Waals surface area contributed by atoms with E-state index in [1.807, 2.05) is 4.90 Å². The van der Waals surface area contributed by atoms with Gasteiger partial charge in [-0.1, -0.05) is 18.2 Å². The smallest absolute Gasteiger partial charge is 0.287 e. The number of aromatic nitrogens is 1. The fraction of sp³-hybridized carbons (Fsp3) is 0.312. The van der Waals surface area contributed by atoms with Crippen molar-refractivity contribution in [2.45, 2.75) is 23.8 Å². The molecule has 0 unspecified atom stereocenters. The Morgan fingerprint density at radius 1 is 1.12 bits per heavy atom. The maximum atomic E-state index is 12.4. The van der Waals surface area contributed by atoms with Gasteiger partial charge in [-0.3, -0.25) is 10.1 Å². The second kappa shape index (κ2) is 7.16. The molecule has 0 aliphatic carbocycles. The number of anilines is 1. The van der Waals surface area contributed by atoms with Gasteiger partial charge in [0.05, 0.1) is 9.82 Å². The van der Waals surface area contributed by atoms with E-state index >= 15 is 0 Å². The zero-order valence-electron chi connectivity index (χ0n) is 13.4. The Kier molecular flexibility index (Phi) is 4.95. The van der Waals surface area contributed by atoms with Crippen molar-refractivity contribution in [3.63, 3.8) is 0 Å². The third kappa shape index (κ3) is 4.12. The summed E-state index contributed by atoms with van der Waals surface area (Å²) in [7, 11) is -3.52. The number of rotatable bonds is 5. The first-order valence-corrected chi connectivity index (χ1v) is 9.37. The molecule has 1 aromatic heterocycles. The number of benzene rings is 1. The van der Waals surface area contributed by atoms with Crippen molar-refractivity contribution in [2.24, 2.45) is 0 Å². The summed E-state index contributed by atoms with van der Waals surface area (Å²) in [6, 6.07) is 11.2. The van der Waals surface area contributed by atoms with E-state index in [1.54, 1.807) is 36.4 Å². The number of nitrogens with one attached hydrogen (secondary N) is 1. The molecule has 132 valence electrons. The van der Waals surface area contributed by atoms with Crippen LogP contribution in [0.3, 0.4) is 0 Å². The van der Waals surface area contributed by atoms with Gasteiger partial charge < -0.3 is 4.90 Å². The average Bonchev–Trinajstić information content (AvgIpc) is 2.63. The molecule has 0 atom stereocenters. The molecule has 1 saturated heterocycles. The Hall–Kier alpha value is -2.52. The van der Waals surface area contributed by atoms with Crippen molar-refractivity contribution in [2.75, 3.05) is 18.0 Å². The minimum atomic E-state index is -3.52. The first-order valence-electron chi connectivity index (χ1n) is 7.88. The van der Waals surface area contributed by atoms with E-state index in [2.05, 4.69) is 9.71 Å². The number of hydrogen-bond donors (Lipinski definition) is 1. The van der Waals surface area contributed by atoms with E-state index in [4.69, 9.17) is 0 Å². The largest absolute Gasteiger partial charge is 0.356 e. The van der Waals surface area contributed by atoms with Gasteiger partial charge in [0, 0.05) is 25.2 Å². The molecular formula is C16H18N4O4S. The standard InChI is InChI=1S/C16H18N4O4S/c21-20(22)14-6-7-16(17-12-14)19-10-8-13(9-11-19)18-25(23,24)15-4-2-1-3-5-15/h1-7,12-13,18H,8-11H2. The van der Waals surface area contributed by atoms with Gasteiger partial charge in [-0.15, -0.1) is 0 Å². The number of piperidine rings is 1. The number of sulfonamides is 1. The maximum absolute atomic E-state index is 12.4. The highest BCUT2D eigenvalue weighted by molar-refractivity contribution is 7.89. The van der Waals surface area contributed by atoms with Crippen molar-refractivity contribution in [3.05, 3.63) is 58.8 Å². The molecule has 8 nitrogen and oxygen atoms in total. The van der Waals surface area contributed by atoms with Crippen molar-refractivity contribution >= 4 is 21.5 Å². The van der Waals surface area contributed by atoms with Crippen molar-refractivity contribution in [1.29, 1.82) is 0 Å². The monoisotopic (exact) mass is 362 g/mol. The SMILES string of the molecule is O=[N+]([O-])c1ccc(N2CCC(NS(=O)(=O)c3ccccc3)CC2)nc1. The van der Waals surface area contributed by atoms with Crippen LogP contribution in [0.2, 0.25) is 0 Å². The Morgan fingerprint density at radius 3 is 2.36 bits per heavy atom. The molecule has 2 heterocycles. The predicted molar refractivity (Wildman–Crippen MR) is 92.9 cm³/mol. The Morgan fingerprint density at radius 2 is 1.80 bits per heavy atom. The number of pyridine rings is 1. The van der Waals surface area contributed by atoms with E-state index in [1.165, 1.54) is 12.3 Å². The van der Waals surface area contributed by atoms with Crippen LogP contribution < -0.4 is 9.62 Å². The van der Waals surface area contributed by atoms with Crippen LogP contribution in [0.5, 0.6) is 0 Å².